The molecule has 0 bridgehead atoms. The molecule has 1 heterocycles. The summed E-state index contributed by atoms with van der Waals surface area (Å²) < 4.78 is 1.44. The van der Waals surface area contributed by atoms with Crippen LogP contribution < -0.4 is 5.56 Å². The third kappa shape index (κ3) is 2.72. The van der Waals surface area contributed by atoms with Crippen molar-refractivity contribution in [3.8, 4) is 11.4 Å². The monoisotopic (exact) mass is 370 g/mol. The Balaban J connectivity index is 2.59. The Bertz CT molecular complexity index is 623. The number of nitrogens with one attached hydrogen (secondary N) is 1. The van der Waals surface area contributed by atoms with Crippen LogP contribution in [0.2, 0.25) is 0 Å². The van der Waals surface area contributed by atoms with Gasteiger partial charge in [-0.25, -0.2) is 4.98 Å². The van der Waals surface area contributed by atoms with E-state index in [9.17, 15) is 4.79 Å². The highest BCUT2D eigenvalue weighted by Gasteiger charge is 2.11. The Labute approximate surface area is 122 Å². The molecule has 0 aliphatic heterocycles. The van der Waals surface area contributed by atoms with Crippen molar-refractivity contribution in [1.29, 1.82) is 0 Å². The van der Waals surface area contributed by atoms with Gasteiger partial charge >= 0.3 is 0 Å². The summed E-state index contributed by atoms with van der Waals surface area (Å²) in [6.45, 7) is 2.06. The highest BCUT2D eigenvalue weighted by molar-refractivity contribution is 9.10. The molecule has 2 rings (SSSR count). The van der Waals surface area contributed by atoms with Crippen LogP contribution in [0.1, 0.15) is 19.0 Å². The van der Waals surface area contributed by atoms with Crippen molar-refractivity contribution in [1.82, 2.24) is 9.97 Å². The Morgan fingerprint density at radius 3 is 2.67 bits per heavy atom. The largest absolute Gasteiger partial charge is 0.306 e. The van der Waals surface area contributed by atoms with Gasteiger partial charge in [0.05, 0.1) is 5.69 Å². The van der Waals surface area contributed by atoms with Crippen LogP contribution in [0.25, 0.3) is 11.4 Å². The Morgan fingerprint density at radius 1 is 1.28 bits per heavy atom. The molecular formula is C13H12Br2N2O. The molecule has 0 saturated heterocycles. The summed E-state index contributed by atoms with van der Waals surface area (Å²) in [5.74, 6) is 0.596. The van der Waals surface area contributed by atoms with Crippen LogP contribution in [0, 0.1) is 0 Å². The zero-order valence-corrected chi connectivity index (χ0v) is 13.0. The Hall–Kier alpha value is -0.940. The molecule has 0 aliphatic rings. The van der Waals surface area contributed by atoms with E-state index in [0.717, 1.165) is 28.6 Å². The van der Waals surface area contributed by atoms with Crippen molar-refractivity contribution >= 4 is 31.9 Å². The van der Waals surface area contributed by atoms with E-state index in [1.807, 2.05) is 24.3 Å². The fourth-order valence-corrected chi connectivity index (χ4v) is 2.55. The molecular weight excluding hydrogens is 360 g/mol. The standard InChI is InChI=1S/C13H12Br2N2O/c1-2-5-10-11(15)13(18)17-12(16-10)8-6-3-4-7-9(8)14/h3-4,6-7H,2,5H2,1H3,(H,16,17,18). The maximum atomic E-state index is 11.9. The summed E-state index contributed by atoms with van der Waals surface area (Å²) >= 11 is 6.75. The minimum atomic E-state index is -0.140. The van der Waals surface area contributed by atoms with Crippen molar-refractivity contribution in [2.45, 2.75) is 19.8 Å². The summed E-state index contributed by atoms with van der Waals surface area (Å²) in [7, 11) is 0. The lowest BCUT2D eigenvalue weighted by Gasteiger charge is -2.07. The number of nitrogens with zero attached hydrogens (tertiary/aromatic N) is 1. The lowest BCUT2D eigenvalue weighted by atomic mass is 10.2. The van der Waals surface area contributed by atoms with E-state index in [0.29, 0.717) is 10.3 Å². The smallest absolute Gasteiger partial charge is 0.265 e. The van der Waals surface area contributed by atoms with E-state index in [1.54, 1.807) is 0 Å². The molecule has 94 valence electrons. The van der Waals surface area contributed by atoms with E-state index in [2.05, 4.69) is 48.8 Å². The van der Waals surface area contributed by atoms with Gasteiger partial charge in [-0.2, -0.15) is 0 Å². The van der Waals surface area contributed by atoms with Gasteiger partial charge in [0.15, 0.2) is 0 Å². The number of aromatic nitrogens is 2. The van der Waals surface area contributed by atoms with Gasteiger partial charge in [-0.3, -0.25) is 4.79 Å². The van der Waals surface area contributed by atoms with Gasteiger partial charge in [0, 0.05) is 10.0 Å². The van der Waals surface area contributed by atoms with Crippen molar-refractivity contribution in [3.63, 3.8) is 0 Å². The fourth-order valence-electron chi connectivity index (χ4n) is 1.69. The summed E-state index contributed by atoms with van der Waals surface area (Å²) in [6, 6.07) is 7.70. The minimum Gasteiger partial charge on any atom is -0.306 e. The highest BCUT2D eigenvalue weighted by atomic mass is 79.9. The zero-order valence-electron chi connectivity index (χ0n) is 9.84. The Kier molecular flexibility index (Phi) is 4.35. The van der Waals surface area contributed by atoms with Gasteiger partial charge < -0.3 is 4.98 Å². The molecule has 0 atom stereocenters. The molecule has 1 N–H and O–H groups in total. The van der Waals surface area contributed by atoms with Crippen molar-refractivity contribution in [3.05, 3.63) is 49.3 Å². The number of halogens is 2. The van der Waals surface area contributed by atoms with Crippen LogP contribution in [-0.2, 0) is 6.42 Å². The quantitative estimate of drug-likeness (QED) is 0.888. The van der Waals surface area contributed by atoms with Crippen LogP contribution in [0.4, 0.5) is 0 Å². The van der Waals surface area contributed by atoms with Crippen LogP contribution >= 0.6 is 31.9 Å². The molecule has 0 aliphatic carbocycles. The Morgan fingerprint density at radius 2 is 2.00 bits per heavy atom. The second-order valence-electron chi connectivity index (χ2n) is 3.91. The molecule has 0 spiro atoms. The van der Waals surface area contributed by atoms with Gasteiger partial charge in [0.1, 0.15) is 10.3 Å². The van der Waals surface area contributed by atoms with Gasteiger partial charge in [0.25, 0.3) is 5.56 Å². The average Bonchev–Trinajstić information content (AvgIpc) is 2.35. The molecule has 1 aromatic heterocycles. The predicted octanol–water partition coefficient (Wildman–Crippen LogP) is 3.91. The molecule has 5 heteroatoms. The first-order chi connectivity index (χ1) is 8.63. The van der Waals surface area contributed by atoms with E-state index in [4.69, 9.17) is 0 Å². The van der Waals surface area contributed by atoms with Gasteiger partial charge in [-0.05, 0) is 28.4 Å². The second-order valence-corrected chi connectivity index (χ2v) is 5.55. The predicted molar refractivity (Wildman–Crippen MR) is 79.7 cm³/mol. The average molecular weight is 372 g/mol. The van der Waals surface area contributed by atoms with Crippen LogP contribution in [0.15, 0.2) is 38.0 Å². The minimum absolute atomic E-state index is 0.140. The number of aryl methyl sites for hydroxylation is 1. The first kappa shape index (κ1) is 13.5. The fraction of sp³-hybridized carbons (Fsp3) is 0.231. The van der Waals surface area contributed by atoms with Gasteiger partial charge in [0.2, 0.25) is 0 Å². The maximum absolute atomic E-state index is 11.9. The van der Waals surface area contributed by atoms with Crippen molar-refractivity contribution in [2.24, 2.45) is 0 Å². The SMILES string of the molecule is CCCc1nc(-c2ccccc2Br)[nH]c(=O)c1Br. The zero-order chi connectivity index (χ0) is 13.1. The number of rotatable bonds is 3. The van der Waals surface area contributed by atoms with Crippen LogP contribution in [0.5, 0.6) is 0 Å². The maximum Gasteiger partial charge on any atom is 0.265 e. The molecule has 18 heavy (non-hydrogen) atoms. The molecule has 0 saturated carbocycles. The van der Waals surface area contributed by atoms with E-state index >= 15 is 0 Å². The first-order valence-electron chi connectivity index (χ1n) is 5.67. The van der Waals surface area contributed by atoms with Crippen molar-refractivity contribution < 1.29 is 0 Å². The molecule has 1 aromatic carbocycles. The van der Waals surface area contributed by atoms with Crippen LogP contribution in [-0.4, -0.2) is 9.97 Å². The molecule has 0 fully saturated rings. The number of hydrogen-bond acceptors (Lipinski definition) is 2. The molecule has 0 radical (unpaired) electrons. The summed E-state index contributed by atoms with van der Waals surface area (Å²) in [4.78, 5) is 19.2. The summed E-state index contributed by atoms with van der Waals surface area (Å²) in [5, 5.41) is 0. The second kappa shape index (κ2) is 5.80. The summed E-state index contributed by atoms with van der Waals surface area (Å²) in [5.41, 5.74) is 1.55. The normalized spacial score (nSPS) is 10.6. The lowest BCUT2D eigenvalue weighted by Crippen LogP contribution is -2.13. The van der Waals surface area contributed by atoms with Gasteiger partial charge in [-0.1, -0.05) is 47.5 Å². The summed E-state index contributed by atoms with van der Waals surface area (Å²) in [6.07, 6.45) is 1.73. The third-order valence-corrected chi connectivity index (χ3v) is 4.06. The van der Waals surface area contributed by atoms with Crippen LogP contribution in [0.3, 0.4) is 0 Å². The van der Waals surface area contributed by atoms with E-state index in [1.165, 1.54) is 0 Å². The molecule has 3 nitrogen and oxygen atoms in total. The molecule has 2 aromatic rings. The number of H-pyrrole nitrogens is 1. The van der Waals surface area contributed by atoms with Gasteiger partial charge in [-0.15, -0.1) is 0 Å². The molecule has 0 unspecified atom stereocenters. The number of hydrogen-bond donors (Lipinski definition) is 1. The first-order valence-corrected chi connectivity index (χ1v) is 7.25. The van der Waals surface area contributed by atoms with E-state index < -0.39 is 0 Å². The van der Waals surface area contributed by atoms with E-state index in [-0.39, 0.29) is 5.56 Å². The highest BCUT2D eigenvalue weighted by Crippen LogP contribution is 2.25. The number of benzene rings is 1. The molecule has 0 amide bonds. The number of aromatic amines is 1. The third-order valence-electron chi connectivity index (χ3n) is 2.55. The topological polar surface area (TPSA) is 45.8 Å². The van der Waals surface area contributed by atoms with Crippen molar-refractivity contribution in [2.75, 3.05) is 0 Å². The lowest BCUT2D eigenvalue weighted by molar-refractivity contribution is 0.861.